The second-order valence-electron chi connectivity index (χ2n) is 10.5. The first-order valence-corrected chi connectivity index (χ1v) is 14.0. The summed E-state index contributed by atoms with van der Waals surface area (Å²) in [4.78, 5) is 63.8. The summed E-state index contributed by atoms with van der Waals surface area (Å²) in [6.45, 7) is 3.64. The summed E-state index contributed by atoms with van der Waals surface area (Å²) in [6, 6.07) is 10.8. The minimum absolute atomic E-state index is 0.0588. The molecule has 43 heavy (non-hydrogen) atoms. The number of aromatic hydroxyl groups is 1. The van der Waals surface area contributed by atoms with Gasteiger partial charge in [0.15, 0.2) is 5.96 Å². The third-order valence-corrected chi connectivity index (χ3v) is 6.60. The van der Waals surface area contributed by atoms with Crippen LogP contribution < -0.4 is 32.7 Å². The lowest BCUT2D eigenvalue weighted by Crippen LogP contribution is -2.58. The van der Waals surface area contributed by atoms with Crippen molar-refractivity contribution in [1.82, 2.24) is 21.3 Å². The van der Waals surface area contributed by atoms with E-state index in [4.69, 9.17) is 16.9 Å². The summed E-state index contributed by atoms with van der Waals surface area (Å²) in [5.74, 6) is -3.86. The van der Waals surface area contributed by atoms with Crippen molar-refractivity contribution in [3.05, 3.63) is 65.7 Å². The van der Waals surface area contributed by atoms with E-state index in [9.17, 15) is 29.1 Å². The first-order valence-electron chi connectivity index (χ1n) is 14.0. The molecule has 2 aromatic carbocycles. The van der Waals surface area contributed by atoms with Gasteiger partial charge in [-0.05, 0) is 54.9 Å². The Labute approximate surface area is 250 Å². The first kappa shape index (κ1) is 34.4. The topological polar surface area (TPSA) is 230 Å². The number of nitrogens with two attached hydrogens (primary N) is 2. The Hall–Kier alpha value is -4.78. The van der Waals surface area contributed by atoms with Gasteiger partial charge < -0.3 is 42.6 Å². The van der Waals surface area contributed by atoms with E-state index in [-0.39, 0.29) is 37.5 Å². The number of phenols is 1. The number of phenolic OH excluding ortho intramolecular Hbond substituents is 1. The minimum Gasteiger partial charge on any atom is -0.508 e. The zero-order valence-electron chi connectivity index (χ0n) is 24.3. The average Bonchev–Trinajstić information content (AvgIpc) is 2.97. The lowest BCUT2D eigenvalue weighted by Gasteiger charge is -2.26. The van der Waals surface area contributed by atoms with E-state index in [1.807, 2.05) is 6.07 Å². The summed E-state index contributed by atoms with van der Waals surface area (Å²) >= 11 is 0. The molecule has 0 unspecified atom stereocenters. The highest BCUT2D eigenvalue weighted by Gasteiger charge is 2.32. The van der Waals surface area contributed by atoms with Crippen molar-refractivity contribution >= 4 is 35.8 Å². The SMILES string of the molecule is CC(C)[C@H](NC(=O)[C@H](CCCNC(=N)N)NC(=O)C(=O)[C@@H](N)Cc1ccccc1)C(=O)N[C@H](C=O)Cc1ccc(O)cc1. The molecule has 0 aliphatic rings. The summed E-state index contributed by atoms with van der Waals surface area (Å²) in [7, 11) is 0. The smallest absolute Gasteiger partial charge is 0.289 e. The normalized spacial score (nSPS) is 13.6. The van der Waals surface area contributed by atoms with Gasteiger partial charge in [-0.2, -0.15) is 0 Å². The van der Waals surface area contributed by atoms with Crippen LogP contribution in [0.15, 0.2) is 54.6 Å². The van der Waals surface area contributed by atoms with Gasteiger partial charge in [-0.25, -0.2) is 0 Å². The van der Waals surface area contributed by atoms with Crippen LogP contribution in [0.1, 0.15) is 37.8 Å². The van der Waals surface area contributed by atoms with E-state index in [0.717, 1.165) is 5.56 Å². The second kappa shape index (κ2) is 17.2. The third-order valence-electron chi connectivity index (χ3n) is 6.60. The van der Waals surface area contributed by atoms with Crippen LogP contribution in [0, 0.1) is 11.3 Å². The number of carbonyl (C=O) groups is 5. The maximum atomic E-state index is 13.4. The van der Waals surface area contributed by atoms with Crippen LogP contribution in [-0.2, 0) is 36.8 Å². The molecule has 13 heteroatoms. The summed E-state index contributed by atoms with van der Waals surface area (Å²) in [5.41, 5.74) is 12.8. The van der Waals surface area contributed by atoms with E-state index in [1.165, 1.54) is 12.1 Å². The Morgan fingerprint density at radius 2 is 1.53 bits per heavy atom. The molecule has 0 aromatic heterocycles. The van der Waals surface area contributed by atoms with Crippen molar-refractivity contribution in [1.29, 1.82) is 5.41 Å². The molecular formula is C30H41N7O6. The summed E-state index contributed by atoms with van der Waals surface area (Å²) in [6.07, 6.45) is 1.23. The number of hydrogen-bond acceptors (Lipinski definition) is 8. The van der Waals surface area contributed by atoms with Gasteiger partial charge in [0.1, 0.15) is 24.1 Å². The summed E-state index contributed by atoms with van der Waals surface area (Å²) < 4.78 is 0. The van der Waals surface area contributed by atoms with Crippen LogP contribution >= 0.6 is 0 Å². The van der Waals surface area contributed by atoms with E-state index < -0.39 is 53.6 Å². The Bertz CT molecular complexity index is 1250. The largest absolute Gasteiger partial charge is 0.508 e. The van der Waals surface area contributed by atoms with Crippen molar-refractivity contribution in [3.8, 4) is 5.75 Å². The molecule has 2 aromatic rings. The highest BCUT2D eigenvalue weighted by Crippen LogP contribution is 2.12. The number of rotatable bonds is 17. The molecule has 2 rings (SSSR count). The minimum atomic E-state index is -1.21. The third kappa shape index (κ3) is 11.9. The van der Waals surface area contributed by atoms with Gasteiger partial charge in [0, 0.05) is 6.54 Å². The van der Waals surface area contributed by atoms with E-state index >= 15 is 0 Å². The number of guanidine groups is 1. The molecule has 4 atom stereocenters. The number of aldehydes is 1. The van der Waals surface area contributed by atoms with Gasteiger partial charge in [-0.15, -0.1) is 0 Å². The predicted octanol–water partition coefficient (Wildman–Crippen LogP) is -0.354. The second-order valence-corrected chi connectivity index (χ2v) is 10.5. The standard InChI is InChI=1S/C30H41N7O6/c1-18(2)25(28(42)35-21(17-38)15-20-10-12-22(39)13-11-20)37-27(41)24(9-6-14-34-30(32)33)36-29(43)26(40)23(31)16-19-7-4-3-5-8-19/h3-5,7-8,10-13,17-18,21,23-25,39H,6,9,14-16,31H2,1-2H3,(H,35,42)(H,36,43)(H,37,41)(H4,32,33,34)/t21-,23-,24-,25-/m0/s1. The van der Waals surface area contributed by atoms with Crippen LogP contribution in [-0.4, -0.2) is 71.6 Å². The number of ketones is 1. The molecule has 0 fully saturated rings. The maximum absolute atomic E-state index is 13.4. The molecule has 0 radical (unpaired) electrons. The number of hydrogen-bond donors (Lipinski definition) is 8. The predicted molar refractivity (Wildman–Crippen MR) is 161 cm³/mol. The highest BCUT2D eigenvalue weighted by atomic mass is 16.3. The van der Waals surface area contributed by atoms with Crippen molar-refractivity contribution < 1.29 is 29.1 Å². The molecule has 0 bridgehead atoms. The summed E-state index contributed by atoms with van der Waals surface area (Å²) in [5, 5.41) is 27.1. The van der Waals surface area contributed by atoms with Gasteiger partial charge in [-0.1, -0.05) is 56.3 Å². The van der Waals surface area contributed by atoms with Crippen molar-refractivity contribution in [2.24, 2.45) is 17.4 Å². The zero-order valence-corrected chi connectivity index (χ0v) is 24.3. The number of nitrogens with one attached hydrogen (secondary N) is 5. The van der Waals surface area contributed by atoms with Gasteiger partial charge in [0.05, 0.1) is 12.1 Å². The maximum Gasteiger partial charge on any atom is 0.289 e. The van der Waals surface area contributed by atoms with Gasteiger partial charge >= 0.3 is 0 Å². The lowest BCUT2D eigenvalue weighted by molar-refractivity contribution is -0.140. The Morgan fingerprint density at radius 3 is 2.12 bits per heavy atom. The van der Waals surface area contributed by atoms with E-state index in [2.05, 4.69) is 21.3 Å². The van der Waals surface area contributed by atoms with Crippen LogP contribution in [0.2, 0.25) is 0 Å². The van der Waals surface area contributed by atoms with Crippen LogP contribution in [0.4, 0.5) is 0 Å². The Morgan fingerprint density at radius 1 is 0.907 bits per heavy atom. The van der Waals surface area contributed by atoms with E-state index in [1.54, 1.807) is 50.2 Å². The number of amides is 3. The highest BCUT2D eigenvalue weighted by molar-refractivity contribution is 6.38. The quantitative estimate of drug-likeness (QED) is 0.0392. The molecule has 0 spiro atoms. The fraction of sp³-hybridized carbons (Fsp3) is 0.400. The van der Waals surface area contributed by atoms with Crippen molar-refractivity contribution in [2.45, 2.75) is 63.7 Å². The van der Waals surface area contributed by atoms with Gasteiger partial charge in [0.25, 0.3) is 5.91 Å². The van der Waals surface area contributed by atoms with Crippen molar-refractivity contribution in [3.63, 3.8) is 0 Å². The van der Waals surface area contributed by atoms with Gasteiger partial charge in [0.2, 0.25) is 17.6 Å². The molecule has 0 aliphatic heterocycles. The molecule has 0 saturated carbocycles. The lowest BCUT2D eigenvalue weighted by atomic mass is 10.00. The molecule has 0 heterocycles. The van der Waals surface area contributed by atoms with E-state index in [0.29, 0.717) is 18.3 Å². The number of benzene rings is 2. The fourth-order valence-corrected chi connectivity index (χ4v) is 4.24. The van der Waals surface area contributed by atoms with Crippen LogP contribution in [0.3, 0.4) is 0 Å². The Balaban J connectivity index is 2.11. The van der Waals surface area contributed by atoms with Gasteiger partial charge in [-0.3, -0.25) is 24.6 Å². The molecule has 0 saturated heterocycles. The molecule has 0 aliphatic carbocycles. The number of carbonyl (C=O) groups excluding carboxylic acids is 5. The molecule has 232 valence electrons. The molecular weight excluding hydrogens is 554 g/mol. The number of Topliss-reactive ketones (excluding diaryl/α,β-unsaturated/α-hetero) is 1. The zero-order chi connectivity index (χ0) is 31.9. The average molecular weight is 596 g/mol. The monoisotopic (exact) mass is 595 g/mol. The molecule has 3 amide bonds. The fourth-order valence-electron chi connectivity index (χ4n) is 4.24. The van der Waals surface area contributed by atoms with Crippen LogP contribution in [0.25, 0.3) is 0 Å². The molecule has 10 N–H and O–H groups in total. The van der Waals surface area contributed by atoms with Crippen molar-refractivity contribution in [2.75, 3.05) is 6.54 Å². The molecule has 13 nitrogen and oxygen atoms in total. The first-order chi connectivity index (χ1) is 20.4. The Kier molecular flexibility index (Phi) is 13.8. The van der Waals surface area contributed by atoms with Crippen LogP contribution in [0.5, 0.6) is 5.75 Å².